The lowest BCUT2D eigenvalue weighted by Gasteiger charge is -2.30. The fraction of sp³-hybridized carbons (Fsp3) is 0.333. The summed E-state index contributed by atoms with van der Waals surface area (Å²) >= 11 is 11.2. The Morgan fingerprint density at radius 1 is 1.48 bits per heavy atom. The molecule has 3 N–H and O–H groups in total. The predicted octanol–water partition coefficient (Wildman–Crippen LogP) is 2.41. The molecule has 0 fully saturated rings. The monoisotopic (exact) mass is 356 g/mol. The van der Waals surface area contributed by atoms with E-state index in [0.717, 1.165) is 0 Å². The number of ether oxygens (including phenoxy) is 2. The molecule has 1 atom stereocenters. The van der Waals surface area contributed by atoms with Crippen molar-refractivity contribution in [1.29, 1.82) is 0 Å². The number of phenolic OH excluding ortho intramolecular Hbond substituents is 1. The molecule has 23 heavy (non-hydrogen) atoms. The molecule has 0 saturated carbocycles. The molecule has 6 nitrogen and oxygen atoms in total. The molecule has 0 bridgehead atoms. The second-order valence-corrected chi connectivity index (χ2v) is 5.66. The summed E-state index contributed by atoms with van der Waals surface area (Å²) in [6.07, 6.45) is 0. The van der Waals surface area contributed by atoms with Crippen LogP contribution in [0.1, 0.15) is 25.5 Å². The Balaban J connectivity index is 2.56. The number of halogens is 1. The molecule has 1 aromatic carbocycles. The summed E-state index contributed by atoms with van der Waals surface area (Å²) < 4.78 is 10.2. The number of esters is 1. The number of hydrogen-bond donors (Lipinski definition) is 3. The van der Waals surface area contributed by atoms with Gasteiger partial charge in [-0.25, -0.2) is 4.79 Å². The molecule has 0 amide bonds. The second-order valence-electron chi connectivity index (χ2n) is 4.84. The SMILES string of the molecule is CCOc1cc([C@H]2NC(=S)NC(C)=C2C(=O)OC)cc(Cl)c1O. The van der Waals surface area contributed by atoms with Crippen molar-refractivity contribution in [2.75, 3.05) is 13.7 Å². The molecule has 0 saturated heterocycles. The van der Waals surface area contributed by atoms with Gasteiger partial charge in [0.2, 0.25) is 0 Å². The number of aromatic hydroxyl groups is 1. The van der Waals surface area contributed by atoms with Gasteiger partial charge in [0.25, 0.3) is 0 Å². The first-order valence-electron chi connectivity index (χ1n) is 6.90. The minimum absolute atomic E-state index is 0.124. The average molecular weight is 357 g/mol. The maximum atomic E-state index is 12.1. The Kier molecular flexibility index (Phi) is 5.33. The van der Waals surface area contributed by atoms with Crippen LogP contribution in [0.4, 0.5) is 0 Å². The number of nitrogens with one attached hydrogen (secondary N) is 2. The fourth-order valence-corrected chi connectivity index (χ4v) is 2.84. The average Bonchev–Trinajstić information content (AvgIpc) is 2.50. The number of carbonyl (C=O) groups excluding carboxylic acids is 1. The molecule has 124 valence electrons. The summed E-state index contributed by atoms with van der Waals surface area (Å²) in [5.41, 5.74) is 1.60. The van der Waals surface area contributed by atoms with E-state index in [9.17, 15) is 9.90 Å². The van der Waals surface area contributed by atoms with Crippen LogP contribution in [-0.2, 0) is 9.53 Å². The van der Waals surface area contributed by atoms with Gasteiger partial charge in [-0.2, -0.15) is 0 Å². The van der Waals surface area contributed by atoms with Gasteiger partial charge in [-0.3, -0.25) is 0 Å². The van der Waals surface area contributed by atoms with Gasteiger partial charge in [0.15, 0.2) is 16.6 Å². The van der Waals surface area contributed by atoms with Crippen LogP contribution in [0.25, 0.3) is 0 Å². The van der Waals surface area contributed by atoms with Gasteiger partial charge in [-0.15, -0.1) is 0 Å². The van der Waals surface area contributed by atoms with Crippen LogP contribution in [-0.4, -0.2) is 29.9 Å². The molecule has 0 aliphatic carbocycles. The summed E-state index contributed by atoms with van der Waals surface area (Å²) in [5.74, 6) is -0.394. The summed E-state index contributed by atoms with van der Waals surface area (Å²) in [5, 5.41) is 16.4. The van der Waals surface area contributed by atoms with E-state index in [0.29, 0.717) is 28.6 Å². The highest BCUT2D eigenvalue weighted by Gasteiger charge is 2.31. The normalized spacial score (nSPS) is 17.4. The van der Waals surface area contributed by atoms with Crippen molar-refractivity contribution in [3.05, 3.63) is 34.0 Å². The van der Waals surface area contributed by atoms with Crippen molar-refractivity contribution in [2.24, 2.45) is 0 Å². The van der Waals surface area contributed by atoms with E-state index in [2.05, 4.69) is 10.6 Å². The number of phenols is 1. The van der Waals surface area contributed by atoms with Crippen LogP contribution in [0.2, 0.25) is 5.02 Å². The number of rotatable bonds is 4. The quantitative estimate of drug-likeness (QED) is 0.564. The van der Waals surface area contributed by atoms with Crippen LogP contribution < -0.4 is 15.4 Å². The topological polar surface area (TPSA) is 79.8 Å². The predicted molar refractivity (Wildman–Crippen MR) is 90.6 cm³/mol. The smallest absolute Gasteiger partial charge is 0.337 e. The van der Waals surface area contributed by atoms with E-state index in [1.807, 2.05) is 0 Å². The van der Waals surface area contributed by atoms with Crippen molar-refractivity contribution >= 4 is 34.9 Å². The summed E-state index contributed by atoms with van der Waals surface area (Å²) in [7, 11) is 1.31. The van der Waals surface area contributed by atoms with Crippen molar-refractivity contribution in [1.82, 2.24) is 10.6 Å². The van der Waals surface area contributed by atoms with Gasteiger partial charge in [0.1, 0.15) is 0 Å². The molecule has 0 spiro atoms. The number of methoxy groups -OCH3 is 1. The van der Waals surface area contributed by atoms with Crippen LogP contribution >= 0.6 is 23.8 Å². The second kappa shape index (κ2) is 7.06. The van der Waals surface area contributed by atoms with Crippen LogP contribution in [0, 0.1) is 0 Å². The first-order chi connectivity index (χ1) is 10.9. The lowest BCUT2D eigenvalue weighted by molar-refractivity contribution is -0.136. The molecule has 0 unspecified atom stereocenters. The zero-order valence-electron chi connectivity index (χ0n) is 12.9. The van der Waals surface area contributed by atoms with Crippen LogP contribution in [0.5, 0.6) is 11.5 Å². The van der Waals surface area contributed by atoms with Gasteiger partial charge in [-0.05, 0) is 43.8 Å². The number of carbonyl (C=O) groups is 1. The Bertz CT molecular complexity index is 690. The molecule has 1 aliphatic heterocycles. The number of allylic oxidation sites excluding steroid dienone is 1. The molecule has 2 rings (SSSR count). The van der Waals surface area contributed by atoms with Crippen LogP contribution in [0.3, 0.4) is 0 Å². The van der Waals surface area contributed by atoms with Gasteiger partial charge >= 0.3 is 5.97 Å². The lowest BCUT2D eigenvalue weighted by atomic mass is 9.95. The summed E-state index contributed by atoms with van der Waals surface area (Å²) in [6.45, 7) is 3.89. The van der Waals surface area contributed by atoms with Crippen molar-refractivity contribution in [3.8, 4) is 11.5 Å². The molecule has 1 aromatic rings. The zero-order valence-corrected chi connectivity index (χ0v) is 14.5. The maximum Gasteiger partial charge on any atom is 0.337 e. The van der Waals surface area contributed by atoms with Crippen molar-refractivity contribution in [2.45, 2.75) is 19.9 Å². The Morgan fingerprint density at radius 3 is 2.78 bits per heavy atom. The molecular formula is C15H17ClN2O4S. The zero-order chi connectivity index (χ0) is 17.1. The van der Waals surface area contributed by atoms with Gasteiger partial charge in [0, 0.05) is 5.70 Å². The van der Waals surface area contributed by atoms with Gasteiger partial charge in [0.05, 0.1) is 30.4 Å². The Hall–Kier alpha value is -1.99. The number of benzene rings is 1. The standard InChI is InChI=1S/C15H17ClN2O4S/c1-4-22-10-6-8(5-9(16)13(10)19)12-11(14(20)21-3)7(2)17-15(23)18-12/h5-6,12,19H,4H2,1-3H3,(H2,17,18,23)/t12-/m1/s1. The largest absolute Gasteiger partial charge is 0.503 e. The lowest BCUT2D eigenvalue weighted by Crippen LogP contribution is -2.45. The molecule has 1 aliphatic rings. The minimum atomic E-state index is -0.562. The van der Waals surface area contributed by atoms with E-state index in [1.54, 1.807) is 26.0 Å². The maximum absolute atomic E-state index is 12.1. The van der Waals surface area contributed by atoms with E-state index in [1.165, 1.54) is 7.11 Å². The summed E-state index contributed by atoms with van der Waals surface area (Å²) in [4.78, 5) is 12.1. The first-order valence-corrected chi connectivity index (χ1v) is 7.69. The molecule has 1 heterocycles. The molecule has 8 heteroatoms. The minimum Gasteiger partial charge on any atom is -0.503 e. The van der Waals surface area contributed by atoms with Crippen LogP contribution in [0.15, 0.2) is 23.4 Å². The number of hydrogen-bond acceptors (Lipinski definition) is 5. The summed E-state index contributed by atoms with van der Waals surface area (Å²) in [6, 6.07) is 2.61. The first kappa shape index (κ1) is 17.4. The highest BCUT2D eigenvalue weighted by Crippen LogP contribution is 2.39. The molecule has 0 radical (unpaired) electrons. The third-order valence-corrected chi connectivity index (χ3v) is 3.87. The van der Waals surface area contributed by atoms with E-state index in [4.69, 9.17) is 33.3 Å². The fourth-order valence-electron chi connectivity index (χ4n) is 2.35. The van der Waals surface area contributed by atoms with Gasteiger partial charge in [-0.1, -0.05) is 11.6 Å². The van der Waals surface area contributed by atoms with Crippen molar-refractivity contribution in [3.63, 3.8) is 0 Å². The Morgan fingerprint density at radius 2 is 2.17 bits per heavy atom. The number of thiocarbonyl (C=S) groups is 1. The van der Waals surface area contributed by atoms with Gasteiger partial charge < -0.3 is 25.2 Å². The Labute approximate surface area is 144 Å². The third-order valence-electron chi connectivity index (χ3n) is 3.36. The highest BCUT2D eigenvalue weighted by atomic mass is 35.5. The highest BCUT2D eigenvalue weighted by molar-refractivity contribution is 7.80. The van der Waals surface area contributed by atoms with E-state index < -0.39 is 12.0 Å². The van der Waals surface area contributed by atoms with Crippen molar-refractivity contribution < 1.29 is 19.4 Å². The van der Waals surface area contributed by atoms with E-state index >= 15 is 0 Å². The third kappa shape index (κ3) is 3.51. The molecular weight excluding hydrogens is 340 g/mol. The molecule has 0 aromatic heterocycles. The van der Waals surface area contributed by atoms with E-state index in [-0.39, 0.29) is 16.5 Å².